The highest BCUT2D eigenvalue weighted by atomic mass is 16.6. The fraction of sp³-hybridized carbons (Fsp3) is 0. The third-order valence-corrected chi connectivity index (χ3v) is 2.63. The third kappa shape index (κ3) is 1.84. The van der Waals surface area contributed by atoms with Crippen LogP contribution in [0.5, 0.6) is 0 Å². The number of hydrogen-bond donors (Lipinski definition) is 1. The van der Waals surface area contributed by atoms with Gasteiger partial charge >= 0.3 is 5.82 Å². The molecule has 0 saturated carbocycles. The smallest absolute Gasteiger partial charge is 0.358 e. The van der Waals surface area contributed by atoms with Gasteiger partial charge in [-0.1, -0.05) is 0 Å². The van der Waals surface area contributed by atoms with Gasteiger partial charge in [0.1, 0.15) is 12.0 Å². The van der Waals surface area contributed by atoms with Gasteiger partial charge in [0.2, 0.25) is 11.9 Å². The maximum Gasteiger partial charge on any atom is 0.381 e. The fourth-order valence-electron chi connectivity index (χ4n) is 1.80. The molecule has 94 valence electrons. The molecule has 0 fully saturated rings. The Kier molecular flexibility index (Phi) is 2.34. The van der Waals surface area contributed by atoms with E-state index in [1.807, 2.05) is 0 Å². The average molecular weight is 257 g/mol. The quantitative estimate of drug-likeness (QED) is 0.544. The van der Waals surface area contributed by atoms with Crippen LogP contribution >= 0.6 is 0 Å². The SMILES string of the molecule is O=c1ccc2c(-n3cnc([N+](=O)[O-])c3)nccc2[nH]1. The standard InChI is InChI=1S/C11H7N5O3/c17-10-2-1-7-8(14-10)3-4-12-11(7)15-5-9(13-6-15)16(18)19/h1-6H,(H,14,17). The Labute approximate surface area is 105 Å². The second-order valence-corrected chi connectivity index (χ2v) is 3.81. The number of fused-ring (bicyclic) bond motifs is 1. The van der Waals surface area contributed by atoms with Crippen molar-refractivity contribution in [3.63, 3.8) is 0 Å². The lowest BCUT2D eigenvalue weighted by molar-refractivity contribution is -0.389. The van der Waals surface area contributed by atoms with E-state index in [-0.39, 0.29) is 11.4 Å². The predicted molar refractivity (Wildman–Crippen MR) is 66.1 cm³/mol. The maximum atomic E-state index is 11.2. The highest BCUT2D eigenvalue weighted by Gasteiger charge is 2.13. The first-order valence-corrected chi connectivity index (χ1v) is 5.32. The van der Waals surface area contributed by atoms with Crippen molar-refractivity contribution in [2.75, 3.05) is 0 Å². The zero-order valence-corrected chi connectivity index (χ0v) is 9.48. The van der Waals surface area contributed by atoms with Crippen molar-refractivity contribution in [2.45, 2.75) is 0 Å². The van der Waals surface area contributed by atoms with Crippen LogP contribution in [0.3, 0.4) is 0 Å². The molecule has 3 rings (SSSR count). The van der Waals surface area contributed by atoms with Crippen molar-refractivity contribution in [1.82, 2.24) is 19.5 Å². The van der Waals surface area contributed by atoms with Gasteiger partial charge in [-0.05, 0) is 22.0 Å². The topological polar surface area (TPSA) is 107 Å². The number of rotatable bonds is 2. The molecule has 0 aliphatic rings. The maximum absolute atomic E-state index is 11.2. The lowest BCUT2D eigenvalue weighted by Crippen LogP contribution is -2.04. The van der Waals surface area contributed by atoms with Gasteiger partial charge in [0.25, 0.3) is 0 Å². The van der Waals surface area contributed by atoms with Crippen LogP contribution in [0.1, 0.15) is 0 Å². The number of imidazole rings is 1. The minimum atomic E-state index is -0.580. The van der Waals surface area contributed by atoms with Crippen molar-refractivity contribution in [3.05, 3.63) is 57.4 Å². The minimum Gasteiger partial charge on any atom is -0.358 e. The Hall–Kier alpha value is -3.03. The Morgan fingerprint density at radius 3 is 2.84 bits per heavy atom. The number of H-pyrrole nitrogens is 1. The first-order chi connectivity index (χ1) is 9.15. The summed E-state index contributed by atoms with van der Waals surface area (Å²) in [5, 5.41) is 11.3. The summed E-state index contributed by atoms with van der Waals surface area (Å²) in [6.45, 7) is 0. The zero-order chi connectivity index (χ0) is 13.4. The van der Waals surface area contributed by atoms with E-state index in [0.717, 1.165) is 0 Å². The minimum absolute atomic E-state index is 0.221. The van der Waals surface area contributed by atoms with Gasteiger partial charge in [-0.2, -0.15) is 0 Å². The predicted octanol–water partition coefficient (Wildman–Crippen LogP) is 1.02. The van der Waals surface area contributed by atoms with E-state index < -0.39 is 4.92 Å². The molecule has 0 amide bonds. The van der Waals surface area contributed by atoms with Gasteiger partial charge in [-0.3, -0.25) is 9.36 Å². The third-order valence-electron chi connectivity index (χ3n) is 2.63. The second-order valence-electron chi connectivity index (χ2n) is 3.81. The molecule has 3 aromatic heterocycles. The van der Waals surface area contributed by atoms with Crippen LogP contribution in [0.4, 0.5) is 5.82 Å². The van der Waals surface area contributed by atoms with Crippen LogP contribution < -0.4 is 5.56 Å². The highest BCUT2D eigenvalue weighted by molar-refractivity contribution is 5.84. The lowest BCUT2D eigenvalue weighted by atomic mass is 10.2. The van der Waals surface area contributed by atoms with Gasteiger partial charge in [0.05, 0.1) is 5.52 Å². The van der Waals surface area contributed by atoms with Gasteiger partial charge in [-0.25, -0.2) is 4.98 Å². The molecular formula is C11H7N5O3. The summed E-state index contributed by atoms with van der Waals surface area (Å²) in [7, 11) is 0. The molecule has 8 heteroatoms. The number of pyridine rings is 2. The van der Waals surface area contributed by atoms with E-state index in [2.05, 4.69) is 15.0 Å². The van der Waals surface area contributed by atoms with Crippen molar-refractivity contribution in [3.8, 4) is 5.82 Å². The summed E-state index contributed by atoms with van der Waals surface area (Å²) in [4.78, 5) is 31.8. The molecule has 0 saturated heterocycles. The first-order valence-electron chi connectivity index (χ1n) is 5.32. The van der Waals surface area contributed by atoms with E-state index in [1.165, 1.54) is 29.4 Å². The van der Waals surface area contributed by atoms with Crippen LogP contribution in [0, 0.1) is 10.1 Å². The molecule has 0 aliphatic heterocycles. The molecule has 8 nitrogen and oxygen atoms in total. The monoisotopic (exact) mass is 257 g/mol. The molecular weight excluding hydrogens is 250 g/mol. The molecule has 1 N–H and O–H groups in total. The molecule has 0 aromatic carbocycles. The van der Waals surface area contributed by atoms with E-state index in [4.69, 9.17) is 0 Å². The number of aromatic amines is 1. The Bertz CT molecular complexity index is 835. The summed E-state index contributed by atoms with van der Waals surface area (Å²) in [5.74, 6) is 0.206. The van der Waals surface area contributed by atoms with Crippen molar-refractivity contribution in [1.29, 1.82) is 0 Å². The van der Waals surface area contributed by atoms with Crippen LogP contribution in [0.2, 0.25) is 0 Å². The highest BCUT2D eigenvalue weighted by Crippen LogP contribution is 2.18. The molecule has 0 aliphatic carbocycles. The summed E-state index contributed by atoms with van der Waals surface area (Å²) >= 11 is 0. The molecule has 0 atom stereocenters. The molecule has 0 spiro atoms. The van der Waals surface area contributed by atoms with Crippen molar-refractivity contribution >= 4 is 16.7 Å². The van der Waals surface area contributed by atoms with E-state index in [9.17, 15) is 14.9 Å². The van der Waals surface area contributed by atoms with Gasteiger partial charge in [0, 0.05) is 17.6 Å². The first kappa shape index (κ1) is 11.1. The Morgan fingerprint density at radius 2 is 2.11 bits per heavy atom. The largest absolute Gasteiger partial charge is 0.381 e. The lowest BCUT2D eigenvalue weighted by Gasteiger charge is -2.03. The number of nitrogens with zero attached hydrogens (tertiary/aromatic N) is 4. The Balaban J connectivity index is 2.24. The van der Waals surface area contributed by atoms with Gasteiger partial charge < -0.3 is 15.1 Å². The molecule has 3 aromatic rings. The summed E-state index contributed by atoms with van der Waals surface area (Å²) in [6, 6.07) is 4.65. The van der Waals surface area contributed by atoms with Crippen LogP contribution in [0.25, 0.3) is 16.7 Å². The number of nitro groups is 1. The fourth-order valence-corrected chi connectivity index (χ4v) is 1.80. The second kappa shape index (κ2) is 4.02. The van der Waals surface area contributed by atoms with Gasteiger partial charge in [-0.15, -0.1) is 0 Å². The number of hydrogen-bond acceptors (Lipinski definition) is 5. The zero-order valence-electron chi connectivity index (χ0n) is 9.48. The van der Waals surface area contributed by atoms with Crippen LogP contribution in [0.15, 0.2) is 41.7 Å². The molecule has 0 bridgehead atoms. The normalized spacial score (nSPS) is 10.7. The molecule has 19 heavy (non-hydrogen) atoms. The van der Waals surface area contributed by atoms with E-state index in [0.29, 0.717) is 16.7 Å². The van der Waals surface area contributed by atoms with Gasteiger partial charge in [0.15, 0.2) is 0 Å². The van der Waals surface area contributed by atoms with E-state index >= 15 is 0 Å². The van der Waals surface area contributed by atoms with Crippen LogP contribution in [-0.4, -0.2) is 24.4 Å². The average Bonchev–Trinajstić information content (AvgIpc) is 2.87. The van der Waals surface area contributed by atoms with Crippen molar-refractivity contribution < 1.29 is 4.92 Å². The number of nitrogens with one attached hydrogen (secondary N) is 1. The molecule has 3 heterocycles. The Morgan fingerprint density at radius 1 is 1.26 bits per heavy atom. The summed E-state index contributed by atoms with van der Waals surface area (Å²) in [5.41, 5.74) is 0.384. The summed E-state index contributed by atoms with van der Waals surface area (Å²) < 4.78 is 1.44. The van der Waals surface area contributed by atoms with Crippen LogP contribution in [-0.2, 0) is 0 Å². The van der Waals surface area contributed by atoms with E-state index in [1.54, 1.807) is 12.1 Å². The molecule has 0 unspecified atom stereocenters. The molecule has 0 radical (unpaired) electrons. The number of aromatic nitrogens is 4. The van der Waals surface area contributed by atoms with Crippen molar-refractivity contribution in [2.24, 2.45) is 0 Å². The summed E-state index contributed by atoms with van der Waals surface area (Å²) in [6.07, 6.45) is 4.09.